The second kappa shape index (κ2) is 8.42. The molecule has 2 aromatic heterocycles. The molecule has 30 heavy (non-hydrogen) atoms. The summed E-state index contributed by atoms with van der Waals surface area (Å²) in [5, 5.41) is 4.77. The second-order valence-corrected chi connectivity index (χ2v) is 10.2. The number of rotatable bonds is 4. The number of ether oxygens (including phenoxy) is 1. The van der Waals surface area contributed by atoms with Crippen molar-refractivity contribution in [1.29, 1.82) is 0 Å². The van der Waals surface area contributed by atoms with Crippen molar-refractivity contribution < 1.29 is 9.13 Å². The van der Waals surface area contributed by atoms with Crippen LogP contribution >= 0.6 is 23.1 Å². The number of halogens is 1. The highest BCUT2D eigenvalue weighted by molar-refractivity contribution is 7.99. The zero-order valence-corrected chi connectivity index (χ0v) is 18.8. The largest absolute Gasteiger partial charge is 0.379 e. The summed E-state index contributed by atoms with van der Waals surface area (Å²) in [6.45, 7) is 8.30. The van der Waals surface area contributed by atoms with Crippen molar-refractivity contribution in [1.82, 2.24) is 14.9 Å². The number of thiophene rings is 1. The van der Waals surface area contributed by atoms with Gasteiger partial charge >= 0.3 is 0 Å². The summed E-state index contributed by atoms with van der Waals surface area (Å²) in [6.07, 6.45) is 0.938. The van der Waals surface area contributed by atoms with Crippen LogP contribution in [0, 0.1) is 19.7 Å². The van der Waals surface area contributed by atoms with Crippen molar-refractivity contribution in [3.05, 3.63) is 45.8 Å². The van der Waals surface area contributed by atoms with E-state index in [0.29, 0.717) is 0 Å². The first-order chi connectivity index (χ1) is 14.6. The highest BCUT2D eigenvalue weighted by atomic mass is 32.2. The lowest BCUT2D eigenvalue weighted by atomic mass is 10.0. The van der Waals surface area contributed by atoms with E-state index in [1.807, 2.05) is 6.07 Å². The lowest BCUT2D eigenvalue weighted by Gasteiger charge is -2.28. The van der Waals surface area contributed by atoms with Crippen molar-refractivity contribution in [3.63, 3.8) is 0 Å². The van der Waals surface area contributed by atoms with Gasteiger partial charge in [-0.25, -0.2) is 14.4 Å². The molecule has 2 aliphatic rings. The number of hydrogen-bond donors (Lipinski definition) is 1. The van der Waals surface area contributed by atoms with Gasteiger partial charge in [0.15, 0.2) is 0 Å². The van der Waals surface area contributed by atoms with E-state index in [-0.39, 0.29) is 11.9 Å². The highest BCUT2D eigenvalue weighted by Crippen LogP contribution is 2.40. The van der Waals surface area contributed by atoms with E-state index in [4.69, 9.17) is 14.7 Å². The molecule has 1 atom stereocenters. The molecular formula is C22H25FN4OS2. The summed E-state index contributed by atoms with van der Waals surface area (Å²) in [6, 6.07) is 5.15. The molecule has 8 heteroatoms. The second-order valence-electron chi connectivity index (χ2n) is 7.86. The summed E-state index contributed by atoms with van der Waals surface area (Å²) in [5.74, 6) is 2.52. The Hall–Kier alpha value is -1.74. The summed E-state index contributed by atoms with van der Waals surface area (Å²) in [4.78, 5) is 15.6. The van der Waals surface area contributed by atoms with Crippen molar-refractivity contribution in [2.75, 3.05) is 37.4 Å². The zero-order chi connectivity index (χ0) is 20.7. The highest BCUT2D eigenvalue weighted by Gasteiger charge is 2.24. The van der Waals surface area contributed by atoms with Gasteiger partial charge in [-0.1, -0.05) is 0 Å². The summed E-state index contributed by atoms with van der Waals surface area (Å²) in [5.41, 5.74) is 2.25. The molecule has 158 valence electrons. The maximum atomic E-state index is 14.0. The Morgan fingerprint density at radius 3 is 2.90 bits per heavy atom. The van der Waals surface area contributed by atoms with Gasteiger partial charge in [-0.15, -0.1) is 23.1 Å². The Balaban J connectivity index is 1.52. The molecule has 1 saturated heterocycles. The molecule has 0 unspecified atom stereocenters. The Kier molecular flexibility index (Phi) is 5.66. The molecule has 1 fully saturated rings. The van der Waals surface area contributed by atoms with Gasteiger partial charge in [0, 0.05) is 28.6 Å². The number of aromatic nitrogens is 2. The van der Waals surface area contributed by atoms with E-state index in [9.17, 15) is 4.39 Å². The van der Waals surface area contributed by atoms with E-state index in [1.165, 1.54) is 10.4 Å². The van der Waals surface area contributed by atoms with Gasteiger partial charge in [-0.3, -0.25) is 4.90 Å². The third-order valence-corrected chi connectivity index (χ3v) is 8.09. The molecule has 3 aromatic rings. The first-order valence-electron chi connectivity index (χ1n) is 10.3. The predicted molar refractivity (Wildman–Crippen MR) is 121 cm³/mol. The quantitative estimate of drug-likeness (QED) is 0.616. The molecule has 0 bridgehead atoms. The van der Waals surface area contributed by atoms with Gasteiger partial charge in [0.1, 0.15) is 22.3 Å². The van der Waals surface area contributed by atoms with Crippen molar-refractivity contribution in [2.24, 2.45) is 0 Å². The average Bonchev–Trinajstić information content (AvgIpc) is 3.03. The Labute approximate surface area is 184 Å². The van der Waals surface area contributed by atoms with E-state index >= 15 is 0 Å². The molecule has 2 aliphatic heterocycles. The minimum Gasteiger partial charge on any atom is -0.379 e. The van der Waals surface area contributed by atoms with Crippen molar-refractivity contribution in [3.8, 4) is 0 Å². The Bertz CT molecular complexity index is 1080. The molecule has 0 amide bonds. The van der Waals surface area contributed by atoms with Crippen molar-refractivity contribution in [2.45, 2.75) is 37.8 Å². The monoisotopic (exact) mass is 444 g/mol. The first-order valence-corrected chi connectivity index (χ1v) is 12.1. The molecular weight excluding hydrogens is 419 g/mol. The maximum absolute atomic E-state index is 14.0. The van der Waals surface area contributed by atoms with Gasteiger partial charge < -0.3 is 10.1 Å². The van der Waals surface area contributed by atoms with Crippen LogP contribution in [0.3, 0.4) is 0 Å². The summed E-state index contributed by atoms with van der Waals surface area (Å²) in [7, 11) is 0. The minimum atomic E-state index is -0.188. The van der Waals surface area contributed by atoms with E-state index in [1.54, 1.807) is 35.2 Å². The van der Waals surface area contributed by atoms with Gasteiger partial charge in [0.2, 0.25) is 0 Å². The lowest BCUT2D eigenvalue weighted by Crippen LogP contribution is -2.36. The minimum absolute atomic E-state index is 0.0471. The third kappa shape index (κ3) is 3.93. The molecule has 1 aromatic carbocycles. The van der Waals surface area contributed by atoms with Crippen molar-refractivity contribution >= 4 is 39.1 Å². The number of fused-ring (bicyclic) bond motifs is 2. The van der Waals surface area contributed by atoms with Crippen LogP contribution < -0.4 is 5.32 Å². The number of hydrogen-bond acceptors (Lipinski definition) is 7. The Morgan fingerprint density at radius 2 is 2.07 bits per heavy atom. The molecule has 5 nitrogen and oxygen atoms in total. The standard InChI is InChI=1S/C22H25FN4OS2/c1-13-14(2)30-22-20(13)21(25-19(26-22)12-27-6-8-28-9-7-27)24-17-5-10-29-18-4-3-15(23)11-16(17)18/h3-4,11,17H,5-10,12H2,1-2H3,(H,24,25,26)/t17-/m1/s1. The number of benzene rings is 1. The fraction of sp³-hybridized carbons (Fsp3) is 0.455. The van der Waals surface area contributed by atoms with Gasteiger partial charge in [0.25, 0.3) is 0 Å². The molecule has 0 saturated carbocycles. The number of anilines is 1. The van der Waals surface area contributed by atoms with E-state index < -0.39 is 0 Å². The predicted octanol–water partition coefficient (Wildman–Crippen LogP) is 4.93. The molecule has 1 N–H and O–H groups in total. The number of nitrogens with zero attached hydrogens (tertiary/aromatic N) is 3. The number of aryl methyl sites for hydroxylation is 2. The van der Waals surface area contributed by atoms with Crippen LogP contribution in [0.5, 0.6) is 0 Å². The number of thioether (sulfide) groups is 1. The summed E-state index contributed by atoms with van der Waals surface area (Å²) < 4.78 is 19.4. The number of nitrogens with one attached hydrogen (secondary N) is 1. The fourth-order valence-corrected chi connectivity index (χ4v) is 6.26. The van der Waals surface area contributed by atoms with Crippen LogP contribution in [0.2, 0.25) is 0 Å². The fourth-order valence-electron chi connectivity index (χ4n) is 4.11. The topological polar surface area (TPSA) is 50.3 Å². The van der Waals surface area contributed by atoms with Crippen LogP contribution in [-0.4, -0.2) is 46.9 Å². The molecule has 4 heterocycles. The third-order valence-electron chi connectivity index (χ3n) is 5.87. The van der Waals surface area contributed by atoms with Gasteiger partial charge in [0.05, 0.1) is 31.2 Å². The van der Waals surface area contributed by atoms with Crippen LogP contribution in [-0.2, 0) is 11.3 Å². The normalized spacial score (nSPS) is 19.8. The Morgan fingerprint density at radius 1 is 1.23 bits per heavy atom. The lowest BCUT2D eigenvalue weighted by molar-refractivity contribution is 0.0331. The summed E-state index contributed by atoms with van der Waals surface area (Å²) >= 11 is 3.51. The number of morpholine rings is 1. The molecule has 0 spiro atoms. The van der Waals surface area contributed by atoms with E-state index in [2.05, 4.69) is 24.1 Å². The van der Waals surface area contributed by atoms with Crippen LogP contribution in [0.25, 0.3) is 10.2 Å². The maximum Gasteiger partial charge on any atom is 0.146 e. The van der Waals surface area contributed by atoms with Crippen LogP contribution in [0.1, 0.15) is 34.3 Å². The zero-order valence-electron chi connectivity index (χ0n) is 17.2. The van der Waals surface area contributed by atoms with Gasteiger partial charge in [-0.2, -0.15) is 0 Å². The molecule has 5 rings (SSSR count). The SMILES string of the molecule is Cc1sc2nc(CN3CCOCC3)nc(N[C@@H]3CCSc4ccc(F)cc43)c2c1C. The average molecular weight is 445 g/mol. The van der Waals surface area contributed by atoms with Gasteiger partial charge in [-0.05, 0) is 49.6 Å². The molecule has 0 aliphatic carbocycles. The smallest absolute Gasteiger partial charge is 0.146 e. The van der Waals surface area contributed by atoms with Crippen LogP contribution in [0.4, 0.5) is 10.2 Å². The van der Waals surface area contributed by atoms with E-state index in [0.717, 1.165) is 77.3 Å². The molecule has 0 radical (unpaired) electrons. The van der Waals surface area contributed by atoms with Crippen LogP contribution in [0.15, 0.2) is 23.1 Å². The first kappa shape index (κ1) is 20.2.